The van der Waals surface area contributed by atoms with Gasteiger partial charge in [-0.25, -0.2) is 0 Å². The quantitative estimate of drug-likeness (QED) is 0.655. The minimum Gasteiger partial charge on any atom is -0.322 e. The van der Waals surface area contributed by atoms with Crippen molar-refractivity contribution < 1.29 is 14.4 Å². The lowest BCUT2D eigenvalue weighted by atomic mass is 9.99. The van der Waals surface area contributed by atoms with Gasteiger partial charge in [-0.2, -0.15) is 0 Å². The molecule has 152 valence electrons. The van der Waals surface area contributed by atoms with Gasteiger partial charge in [-0.3, -0.25) is 24.3 Å². The lowest BCUT2D eigenvalue weighted by molar-refractivity contribution is -0.139. The van der Waals surface area contributed by atoms with Gasteiger partial charge in [-0.1, -0.05) is 37.3 Å². The lowest BCUT2D eigenvalue weighted by Gasteiger charge is -2.15. The Kier molecular flexibility index (Phi) is 5.31. The van der Waals surface area contributed by atoms with Crippen LogP contribution in [-0.4, -0.2) is 27.6 Å². The highest BCUT2D eigenvalue weighted by Crippen LogP contribution is 2.25. The first-order valence-electron chi connectivity index (χ1n) is 10.1. The number of imide groups is 1. The van der Waals surface area contributed by atoms with Gasteiger partial charge < -0.3 is 5.32 Å². The van der Waals surface area contributed by atoms with Gasteiger partial charge in [0.2, 0.25) is 11.8 Å². The van der Waals surface area contributed by atoms with Crippen LogP contribution >= 0.6 is 0 Å². The molecule has 1 aliphatic rings. The number of aryl methyl sites for hydroxylation is 1. The van der Waals surface area contributed by atoms with Crippen molar-refractivity contribution in [1.82, 2.24) is 9.88 Å². The van der Waals surface area contributed by atoms with Crippen molar-refractivity contribution in [2.75, 3.05) is 5.32 Å². The molecule has 0 radical (unpaired) electrons. The Labute approximate surface area is 174 Å². The van der Waals surface area contributed by atoms with Gasteiger partial charge in [0.1, 0.15) is 0 Å². The minimum absolute atomic E-state index is 0.135. The van der Waals surface area contributed by atoms with E-state index in [0.717, 1.165) is 34.1 Å². The Morgan fingerprint density at radius 1 is 1.03 bits per heavy atom. The van der Waals surface area contributed by atoms with E-state index in [2.05, 4.69) is 10.3 Å². The summed E-state index contributed by atoms with van der Waals surface area (Å²) < 4.78 is 0. The Morgan fingerprint density at radius 2 is 1.70 bits per heavy atom. The van der Waals surface area contributed by atoms with Gasteiger partial charge >= 0.3 is 0 Å². The van der Waals surface area contributed by atoms with Gasteiger partial charge in [0, 0.05) is 29.6 Å². The smallest absolute Gasteiger partial charge is 0.256 e. The van der Waals surface area contributed by atoms with Crippen LogP contribution in [0.5, 0.6) is 0 Å². The zero-order chi connectivity index (χ0) is 21.3. The summed E-state index contributed by atoms with van der Waals surface area (Å²) in [6.07, 6.45) is 1.32. The first kappa shape index (κ1) is 19.8. The number of carbonyl (C=O) groups is 3. The number of carbonyl (C=O) groups excluding carboxylic acids is 3. The third-order valence-electron chi connectivity index (χ3n) is 5.51. The summed E-state index contributed by atoms with van der Waals surface area (Å²) in [4.78, 5) is 42.7. The van der Waals surface area contributed by atoms with Crippen molar-refractivity contribution in [3.05, 3.63) is 70.9 Å². The molecule has 6 heteroatoms. The number of rotatable bonds is 5. The van der Waals surface area contributed by atoms with Crippen LogP contribution in [0, 0.1) is 6.92 Å². The summed E-state index contributed by atoms with van der Waals surface area (Å²) in [5, 5.41) is 3.79. The molecule has 30 heavy (non-hydrogen) atoms. The van der Waals surface area contributed by atoms with Gasteiger partial charge in [0.25, 0.3) is 5.91 Å². The second-order valence-corrected chi connectivity index (χ2v) is 7.45. The number of hydrogen-bond acceptors (Lipinski definition) is 4. The molecule has 0 bridgehead atoms. The maximum atomic E-state index is 13.1. The second-order valence-electron chi connectivity index (χ2n) is 7.45. The molecule has 3 aromatic rings. The van der Waals surface area contributed by atoms with Crippen molar-refractivity contribution >= 4 is 34.3 Å². The van der Waals surface area contributed by atoms with E-state index in [1.54, 1.807) is 12.1 Å². The molecule has 1 fully saturated rings. The van der Waals surface area contributed by atoms with E-state index in [9.17, 15) is 14.4 Å². The standard InChI is InChI=1S/C24H23N3O3/c1-3-19-15(2)23(18-6-4-5-7-20(18)26-19)24(30)25-17-10-8-16(9-11-17)14-27-21(28)12-13-22(27)29/h4-11H,3,12-14H2,1-2H3,(H,25,30). The number of hydrogen-bond donors (Lipinski definition) is 1. The van der Waals surface area contributed by atoms with E-state index in [0.29, 0.717) is 11.3 Å². The molecule has 2 aromatic carbocycles. The molecular formula is C24H23N3O3. The van der Waals surface area contributed by atoms with E-state index in [1.807, 2.05) is 50.2 Å². The fourth-order valence-corrected chi connectivity index (χ4v) is 3.86. The summed E-state index contributed by atoms with van der Waals surface area (Å²) in [6.45, 7) is 4.22. The van der Waals surface area contributed by atoms with Gasteiger partial charge in [0.05, 0.1) is 17.6 Å². The van der Waals surface area contributed by atoms with E-state index in [-0.39, 0.29) is 37.1 Å². The first-order chi connectivity index (χ1) is 14.5. The third kappa shape index (κ3) is 3.68. The monoisotopic (exact) mass is 401 g/mol. The minimum atomic E-state index is -0.182. The molecule has 0 aliphatic carbocycles. The zero-order valence-corrected chi connectivity index (χ0v) is 17.1. The SMILES string of the molecule is CCc1nc2ccccc2c(C(=O)Nc2ccc(CN3C(=O)CCC3=O)cc2)c1C. The van der Waals surface area contributed by atoms with E-state index in [4.69, 9.17) is 0 Å². The summed E-state index contributed by atoms with van der Waals surface area (Å²) >= 11 is 0. The number of nitrogens with zero attached hydrogens (tertiary/aromatic N) is 2. The number of benzene rings is 2. The van der Waals surface area contributed by atoms with Crippen LogP contribution in [0.2, 0.25) is 0 Å². The lowest BCUT2D eigenvalue weighted by Crippen LogP contribution is -2.28. The number of amides is 3. The second kappa shape index (κ2) is 8.06. The van der Waals surface area contributed by atoms with E-state index in [1.165, 1.54) is 4.90 Å². The number of aromatic nitrogens is 1. The van der Waals surface area contributed by atoms with Gasteiger partial charge in [-0.05, 0) is 42.7 Å². The number of nitrogens with one attached hydrogen (secondary N) is 1. The maximum absolute atomic E-state index is 13.1. The summed E-state index contributed by atoms with van der Waals surface area (Å²) in [5.74, 6) is -0.452. The van der Waals surface area contributed by atoms with Crippen LogP contribution in [-0.2, 0) is 22.6 Å². The van der Waals surface area contributed by atoms with E-state index < -0.39 is 0 Å². The number of fused-ring (bicyclic) bond motifs is 1. The molecule has 3 amide bonds. The van der Waals surface area contributed by atoms with Crippen molar-refractivity contribution in [2.45, 2.75) is 39.7 Å². The van der Waals surface area contributed by atoms with Crippen LogP contribution in [0.15, 0.2) is 48.5 Å². The number of likely N-dealkylation sites (tertiary alicyclic amines) is 1. The molecule has 1 N–H and O–H groups in total. The Balaban J connectivity index is 1.57. The van der Waals surface area contributed by atoms with Crippen molar-refractivity contribution in [1.29, 1.82) is 0 Å². The van der Waals surface area contributed by atoms with Crippen molar-refractivity contribution in [3.8, 4) is 0 Å². The van der Waals surface area contributed by atoms with E-state index >= 15 is 0 Å². The highest BCUT2D eigenvalue weighted by Gasteiger charge is 2.28. The van der Waals surface area contributed by atoms with Crippen LogP contribution < -0.4 is 5.32 Å². The van der Waals surface area contributed by atoms with Crippen molar-refractivity contribution in [2.24, 2.45) is 0 Å². The van der Waals surface area contributed by atoms with Crippen LogP contribution in [0.4, 0.5) is 5.69 Å². The molecule has 6 nitrogen and oxygen atoms in total. The fraction of sp³-hybridized carbons (Fsp3) is 0.250. The van der Waals surface area contributed by atoms with Crippen LogP contribution in [0.1, 0.15) is 46.9 Å². The molecular weight excluding hydrogens is 378 g/mol. The Morgan fingerprint density at radius 3 is 2.37 bits per heavy atom. The predicted octanol–water partition coefficient (Wildman–Crippen LogP) is 4.01. The zero-order valence-electron chi connectivity index (χ0n) is 17.1. The topological polar surface area (TPSA) is 79.4 Å². The third-order valence-corrected chi connectivity index (χ3v) is 5.51. The summed E-state index contributed by atoms with van der Waals surface area (Å²) in [6, 6.07) is 14.9. The Bertz CT molecular complexity index is 1140. The number of para-hydroxylation sites is 1. The molecule has 0 unspecified atom stereocenters. The average molecular weight is 401 g/mol. The molecule has 0 spiro atoms. The molecule has 4 rings (SSSR count). The molecule has 0 atom stereocenters. The predicted molar refractivity (Wildman–Crippen MR) is 115 cm³/mol. The van der Waals surface area contributed by atoms with Gasteiger partial charge in [-0.15, -0.1) is 0 Å². The summed E-state index contributed by atoms with van der Waals surface area (Å²) in [5.41, 5.74) is 4.73. The average Bonchev–Trinajstić information content (AvgIpc) is 3.06. The maximum Gasteiger partial charge on any atom is 0.256 e. The van der Waals surface area contributed by atoms with Crippen LogP contribution in [0.3, 0.4) is 0 Å². The summed E-state index contributed by atoms with van der Waals surface area (Å²) in [7, 11) is 0. The van der Waals surface area contributed by atoms with Crippen LogP contribution in [0.25, 0.3) is 10.9 Å². The Hall–Kier alpha value is -3.54. The normalized spacial score (nSPS) is 13.9. The largest absolute Gasteiger partial charge is 0.322 e. The first-order valence-corrected chi connectivity index (χ1v) is 10.1. The highest BCUT2D eigenvalue weighted by atomic mass is 16.2. The molecule has 1 aliphatic heterocycles. The van der Waals surface area contributed by atoms with Gasteiger partial charge in [0.15, 0.2) is 0 Å². The van der Waals surface area contributed by atoms with Crippen molar-refractivity contribution in [3.63, 3.8) is 0 Å². The molecule has 1 saturated heterocycles. The highest BCUT2D eigenvalue weighted by molar-refractivity contribution is 6.13. The number of anilines is 1. The number of pyridine rings is 1. The molecule has 1 aromatic heterocycles. The fourth-order valence-electron chi connectivity index (χ4n) is 3.86. The molecule has 2 heterocycles. The molecule has 0 saturated carbocycles.